The van der Waals surface area contributed by atoms with Crippen molar-refractivity contribution < 1.29 is 23.9 Å². The SMILES string of the molecule is CN[C@H](C(=O)Oc1ccccc1)C(C)C.O=P(O)(O)Cl. The van der Waals surface area contributed by atoms with Gasteiger partial charge in [0.2, 0.25) is 0 Å². The van der Waals surface area contributed by atoms with E-state index in [2.05, 4.69) is 16.6 Å². The number of rotatable bonds is 4. The van der Waals surface area contributed by atoms with Crippen molar-refractivity contribution >= 4 is 24.2 Å². The van der Waals surface area contributed by atoms with E-state index in [1.54, 1.807) is 19.2 Å². The highest BCUT2D eigenvalue weighted by Crippen LogP contribution is 2.39. The number of halogens is 1. The van der Waals surface area contributed by atoms with Gasteiger partial charge in [-0.3, -0.25) is 0 Å². The van der Waals surface area contributed by atoms with E-state index >= 15 is 0 Å². The quantitative estimate of drug-likeness (QED) is 0.446. The van der Waals surface area contributed by atoms with E-state index in [9.17, 15) is 4.79 Å². The number of likely N-dealkylation sites (N-methyl/N-ethyl adjacent to an activating group) is 1. The fourth-order valence-electron chi connectivity index (χ4n) is 1.39. The first-order valence-electron chi connectivity index (χ1n) is 5.84. The molecule has 0 saturated carbocycles. The van der Waals surface area contributed by atoms with E-state index < -0.39 is 6.95 Å². The van der Waals surface area contributed by atoms with E-state index in [-0.39, 0.29) is 17.9 Å². The Morgan fingerprint density at radius 2 is 1.75 bits per heavy atom. The van der Waals surface area contributed by atoms with Crippen molar-refractivity contribution in [3.63, 3.8) is 0 Å². The van der Waals surface area contributed by atoms with E-state index in [0.717, 1.165) is 0 Å². The Kier molecular flexibility index (Phi) is 8.69. The van der Waals surface area contributed by atoms with Gasteiger partial charge in [-0.05, 0) is 25.1 Å². The summed E-state index contributed by atoms with van der Waals surface area (Å²) in [5.41, 5.74) is 0. The predicted molar refractivity (Wildman–Crippen MR) is 77.7 cm³/mol. The monoisotopic (exact) mass is 323 g/mol. The number of carbonyl (C=O) groups is 1. The molecule has 0 aliphatic carbocycles. The number of benzene rings is 1. The Morgan fingerprint density at radius 1 is 1.30 bits per heavy atom. The minimum atomic E-state index is -4.17. The van der Waals surface area contributed by atoms with Gasteiger partial charge in [0.25, 0.3) is 0 Å². The van der Waals surface area contributed by atoms with Gasteiger partial charge < -0.3 is 19.8 Å². The molecule has 1 aromatic rings. The predicted octanol–water partition coefficient (Wildman–Crippen LogP) is 2.15. The zero-order valence-corrected chi connectivity index (χ0v) is 13.1. The van der Waals surface area contributed by atoms with Crippen LogP contribution in [0.25, 0.3) is 0 Å². The highest BCUT2D eigenvalue weighted by Gasteiger charge is 2.21. The van der Waals surface area contributed by atoms with Crippen molar-refractivity contribution in [2.45, 2.75) is 19.9 Å². The summed E-state index contributed by atoms with van der Waals surface area (Å²) in [6, 6.07) is 8.84. The van der Waals surface area contributed by atoms with Crippen LogP contribution in [-0.2, 0) is 9.36 Å². The van der Waals surface area contributed by atoms with Gasteiger partial charge in [0.1, 0.15) is 11.8 Å². The van der Waals surface area contributed by atoms with Gasteiger partial charge in [0.05, 0.1) is 0 Å². The van der Waals surface area contributed by atoms with E-state index in [1.165, 1.54) is 0 Å². The highest BCUT2D eigenvalue weighted by atomic mass is 35.7. The second kappa shape index (κ2) is 9.10. The minimum Gasteiger partial charge on any atom is -0.425 e. The summed E-state index contributed by atoms with van der Waals surface area (Å²) >= 11 is 4.20. The number of carbonyl (C=O) groups excluding carboxylic acids is 1. The topological polar surface area (TPSA) is 95.9 Å². The zero-order chi connectivity index (χ0) is 15.8. The summed E-state index contributed by atoms with van der Waals surface area (Å²) in [5.74, 6) is 0.563. The van der Waals surface area contributed by atoms with Crippen LogP contribution in [0.3, 0.4) is 0 Å². The first-order valence-corrected chi connectivity index (χ1v) is 8.36. The third-order valence-corrected chi connectivity index (χ3v) is 2.19. The van der Waals surface area contributed by atoms with Crippen molar-refractivity contribution in [3.05, 3.63) is 30.3 Å². The molecule has 0 unspecified atom stereocenters. The summed E-state index contributed by atoms with van der Waals surface area (Å²) < 4.78 is 14.3. The largest absolute Gasteiger partial charge is 0.425 e. The van der Waals surface area contributed by atoms with E-state index in [0.29, 0.717) is 5.75 Å². The molecule has 0 bridgehead atoms. The standard InChI is InChI=1S/C12H17NO2.ClH2O3P/c1-9(2)11(13-3)12(14)15-10-7-5-4-6-8-10;1-5(2,3)4/h4-9,11,13H,1-3H3;(H2,2,3,4)/t11-;/m0./s1. The number of nitrogens with one attached hydrogen (secondary N) is 1. The lowest BCUT2D eigenvalue weighted by Crippen LogP contribution is -2.41. The molecule has 6 nitrogen and oxygen atoms in total. The minimum absolute atomic E-state index is 0.214. The molecule has 0 aromatic heterocycles. The molecule has 0 spiro atoms. The second-order valence-electron chi connectivity index (χ2n) is 4.22. The molecule has 0 aliphatic heterocycles. The summed E-state index contributed by atoms with van der Waals surface area (Å²) in [5, 5.41) is 2.95. The van der Waals surface area contributed by atoms with Crippen molar-refractivity contribution in [1.82, 2.24) is 5.32 Å². The maximum atomic E-state index is 11.7. The third-order valence-electron chi connectivity index (χ3n) is 2.19. The van der Waals surface area contributed by atoms with Crippen LogP contribution in [0.2, 0.25) is 0 Å². The fourth-order valence-corrected chi connectivity index (χ4v) is 1.39. The molecule has 1 rings (SSSR count). The molecule has 20 heavy (non-hydrogen) atoms. The van der Waals surface area contributed by atoms with E-state index in [1.807, 2.05) is 32.0 Å². The van der Waals surface area contributed by atoms with Gasteiger partial charge in [-0.2, -0.15) is 0 Å². The second-order valence-corrected chi connectivity index (χ2v) is 6.48. The number of ether oxygens (including phenoxy) is 1. The first-order chi connectivity index (χ1) is 9.15. The van der Waals surface area contributed by atoms with Crippen LogP contribution in [0.15, 0.2) is 30.3 Å². The Balaban J connectivity index is 0.000000621. The Morgan fingerprint density at radius 3 is 2.10 bits per heavy atom. The molecule has 0 saturated heterocycles. The Hall–Kier alpha value is -0.910. The van der Waals surface area contributed by atoms with Crippen molar-refractivity contribution in [1.29, 1.82) is 0 Å². The van der Waals surface area contributed by atoms with Gasteiger partial charge >= 0.3 is 12.9 Å². The number of hydrogen-bond acceptors (Lipinski definition) is 4. The molecular formula is C12H19ClNO5P. The number of esters is 1. The lowest BCUT2D eigenvalue weighted by atomic mass is 10.1. The average Bonchev–Trinajstić information content (AvgIpc) is 2.28. The van der Waals surface area contributed by atoms with Crippen LogP contribution in [0.1, 0.15) is 13.8 Å². The maximum absolute atomic E-state index is 11.7. The van der Waals surface area contributed by atoms with Crippen LogP contribution in [0.4, 0.5) is 0 Å². The fraction of sp³-hybridized carbons (Fsp3) is 0.417. The van der Waals surface area contributed by atoms with Crippen LogP contribution < -0.4 is 10.1 Å². The van der Waals surface area contributed by atoms with Gasteiger partial charge in [0.15, 0.2) is 0 Å². The summed E-state index contributed by atoms with van der Waals surface area (Å²) in [7, 11) is 1.76. The molecule has 114 valence electrons. The van der Waals surface area contributed by atoms with Crippen molar-refractivity contribution in [3.8, 4) is 5.75 Å². The summed E-state index contributed by atoms with van der Waals surface area (Å²) in [6.07, 6.45) is 0. The van der Waals surface area contributed by atoms with Crippen LogP contribution >= 0.6 is 18.2 Å². The van der Waals surface area contributed by atoms with Gasteiger partial charge in [0, 0.05) is 11.2 Å². The van der Waals surface area contributed by atoms with Crippen LogP contribution in [0, 0.1) is 5.92 Å². The van der Waals surface area contributed by atoms with Crippen LogP contribution in [0.5, 0.6) is 5.75 Å². The zero-order valence-electron chi connectivity index (χ0n) is 11.5. The normalized spacial score (nSPS) is 12.3. The van der Waals surface area contributed by atoms with Crippen molar-refractivity contribution in [2.24, 2.45) is 5.92 Å². The van der Waals surface area contributed by atoms with Crippen molar-refractivity contribution in [2.75, 3.05) is 7.05 Å². The lowest BCUT2D eigenvalue weighted by molar-refractivity contribution is -0.137. The third kappa shape index (κ3) is 9.95. The molecule has 0 fully saturated rings. The summed E-state index contributed by atoms with van der Waals surface area (Å²) in [4.78, 5) is 26.5. The van der Waals surface area contributed by atoms with Gasteiger partial charge in [-0.25, -0.2) is 9.36 Å². The Labute approximate surface area is 123 Å². The maximum Gasteiger partial charge on any atom is 0.419 e. The highest BCUT2D eigenvalue weighted by molar-refractivity contribution is 7.79. The first kappa shape index (κ1) is 19.1. The molecule has 1 atom stereocenters. The molecule has 1 aromatic carbocycles. The van der Waals surface area contributed by atoms with E-state index in [4.69, 9.17) is 19.1 Å². The molecule has 0 heterocycles. The average molecular weight is 324 g/mol. The molecule has 0 amide bonds. The van der Waals surface area contributed by atoms with Crippen LogP contribution in [-0.4, -0.2) is 28.8 Å². The number of para-hydroxylation sites is 1. The molecule has 3 N–H and O–H groups in total. The molecule has 8 heteroatoms. The lowest BCUT2D eigenvalue weighted by Gasteiger charge is -2.18. The molecular weight excluding hydrogens is 305 g/mol. The van der Waals surface area contributed by atoms with Gasteiger partial charge in [-0.1, -0.05) is 32.0 Å². The summed E-state index contributed by atoms with van der Waals surface area (Å²) in [6.45, 7) is -0.208. The van der Waals surface area contributed by atoms with Gasteiger partial charge in [-0.15, -0.1) is 0 Å². The molecule has 0 radical (unpaired) electrons. The Bertz CT molecular complexity index is 440. The number of hydrogen-bond donors (Lipinski definition) is 3. The molecule has 0 aliphatic rings. The smallest absolute Gasteiger partial charge is 0.419 e.